The van der Waals surface area contributed by atoms with Crippen LogP contribution in [0.4, 0.5) is 5.69 Å². The lowest BCUT2D eigenvalue weighted by Crippen LogP contribution is -2.44. The van der Waals surface area contributed by atoms with Gasteiger partial charge >= 0.3 is 0 Å². The van der Waals surface area contributed by atoms with Gasteiger partial charge in [0, 0.05) is 43.7 Å². The summed E-state index contributed by atoms with van der Waals surface area (Å²) < 4.78 is 0.217. The van der Waals surface area contributed by atoms with Gasteiger partial charge in [-0.25, -0.2) is 0 Å². The first-order chi connectivity index (χ1) is 11.0. The normalized spacial score (nSPS) is 18.2. The molecule has 24 heavy (non-hydrogen) atoms. The van der Waals surface area contributed by atoms with Crippen LogP contribution in [0.15, 0.2) is 35.3 Å². The van der Waals surface area contributed by atoms with Crippen LogP contribution in [0.25, 0.3) is 0 Å². The highest BCUT2D eigenvalue weighted by atomic mass is 127. The number of benzene rings is 1. The number of nitrogens with zero attached hydrogens (tertiary/aromatic N) is 2. The molecule has 0 spiro atoms. The van der Waals surface area contributed by atoms with Crippen molar-refractivity contribution < 1.29 is 0 Å². The summed E-state index contributed by atoms with van der Waals surface area (Å²) in [6.45, 7) is 8.63. The molecule has 136 valence electrons. The molecule has 1 aliphatic rings. The fourth-order valence-corrected chi connectivity index (χ4v) is 2.92. The van der Waals surface area contributed by atoms with Gasteiger partial charge in [-0.15, -0.1) is 24.0 Å². The van der Waals surface area contributed by atoms with Crippen LogP contribution in [-0.4, -0.2) is 50.2 Å². The largest absolute Gasteiger partial charge is 0.371 e. The second-order valence-corrected chi connectivity index (χ2v) is 8.22. The predicted molar refractivity (Wildman–Crippen MR) is 119 cm³/mol. The number of thioether (sulfide) groups is 1. The smallest absolute Gasteiger partial charge is 0.191 e. The molecule has 4 nitrogen and oxygen atoms in total. The Morgan fingerprint density at radius 3 is 2.62 bits per heavy atom. The number of anilines is 1. The zero-order valence-electron chi connectivity index (χ0n) is 15.2. The van der Waals surface area contributed by atoms with Crippen LogP contribution < -0.4 is 15.5 Å². The third-order valence-corrected chi connectivity index (χ3v) is 5.67. The number of halogens is 1. The summed E-state index contributed by atoms with van der Waals surface area (Å²) in [7, 11) is 1.84. The minimum Gasteiger partial charge on any atom is -0.371 e. The van der Waals surface area contributed by atoms with Gasteiger partial charge in [-0.2, -0.15) is 11.8 Å². The highest BCUT2D eigenvalue weighted by Crippen LogP contribution is 2.23. The van der Waals surface area contributed by atoms with Crippen molar-refractivity contribution in [1.82, 2.24) is 10.6 Å². The Hall–Kier alpha value is -0.630. The zero-order chi connectivity index (χ0) is 16.7. The van der Waals surface area contributed by atoms with Gasteiger partial charge in [0.1, 0.15) is 0 Å². The molecule has 0 aromatic heterocycles. The molecule has 6 heteroatoms. The van der Waals surface area contributed by atoms with Crippen molar-refractivity contribution in [3.8, 4) is 0 Å². The molecule has 1 fully saturated rings. The van der Waals surface area contributed by atoms with Crippen LogP contribution in [0.1, 0.15) is 20.3 Å². The van der Waals surface area contributed by atoms with E-state index in [0.29, 0.717) is 5.92 Å². The quantitative estimate of drug-likeness (QED) is 0.386. The molecular weight excluding hydrogens is 431 g/mol. The molecule has 1 aromatic carbocycles. The second kappa shape index (κ2) is 10.4. The van der Waals surface area contributed by atoms with Gasteiger partial charge in [0.15, 0.2) is 5.96 Å². The van der Waals surface area contributed by atoms with E-state index >= 15 is 0 Å². The molecule has 1 atom stereocenters. The molecular formula is C18H31IN4S. The van der Waals surface area contributed by atoms with Gasteiger partial charge in [0.2, 0.25) is 0 Å². The summed E-state index contributed by atoms with van der Waals surface area (Å²) in [4.78, 5) is 6.81. The van der Waals surface area contributed by atoms with Gasteiger partial charge in [0.05, 0.1) is 0 Å². The SMILES string of the molecule is CN=C(NCC1CCN(c2ccccc2)C1)NCC(C)(C)SC.I. The summed E-state index contributed by atoms with van der Waals surface area (Å²) >= 11 is 1.87. The maximum atomic E-state index is 4.34. The van der Waals surface area contributed by atoms with Gasteiger partial charge in [-0.3, -0.25) is 4.99 Å². The van der Waals surface area contributed by atoms with Crippen molar-refractivity contribution in [2.45, 2.75) is 25.0 Å². The number of hydrogen-bond donors (Lipinski definition) is 2. The fraction of sp³-hybridized carbons (Fsp3) is 0.611. The molecule has 1 aliphatic heterocycles. The van der Waals surface area contributed by atoms with E-state index in [-0.39, 0.29) is 28.7 Å². The average Bonchev–Trinajstić information content (AvgIpc) is 3.05. The lowest BCUT2D eigenvalue weighted by Gasteiger charge is -2.24. The Labute approximate surface area is 168 Å². The summed E-state index contributed by atoms with van der Waals surface area (Å²) in [5.74, 6) is 1.58. The maximum Gasteiger partial charge on any atom is 0.191 e. The van der Waals surface area contributed by atoms with E-state index < -0.39 is 0 Å². The predicted octanol–water partition coefficient (Wildman–Crippen LogP) is 3.44. The molecule has 0 radical (unpaired) electrons. The van der Waals surface area contributed by atoms with Crippen molar-refractivity contribution >= 4 is 47.4 Å². The topological polar surface area (TPSA) is 39.7 Å². The first-order valence-electron chi connectivity index (χ1n) is 8.34. The molecule has 0 aliphatic carbocycles. The molecule has 0 amide bonds. The van der Waals surface area contributed by atoms with E-state index in [4.69, 9.17) is 0 Å². The molecule has 2 rings (SSSR count). The van der Waals surface area contributed by atoms with E-state index in [1.165, 1.54) is 12.1 Å². The first kappa shape index (κ1) is 21.4. The summed E-state index contributed by atoms with van der Waals surface area (Å²) in [6, 6.07) is 10.7. The maximum absolute atomic E-state index is 4.34. The van der Waals surface area contributed by atoms with Gasteiger partial charge in [-0.05, 0) is 44.6 Å². The van der Waals surface area contributed by atoms with Crippen LogP contribution in [-0.2, 0) is 0 Å². The Bertz CT molecular complexity index is 507. The van der Waals surface area contributed by atoms with Gasteiger partial charge in [0.25, 0.3) is 0 Å². The number of rotatable bonds is 6. The van der Waals surface area contributed by atoms with E-state index in [1.807, 2.05) is 18.8 Å². The highest BCUT2D eigenvalue weighted by molar-refractivity contribution is 14.0. The standard InChI is InChI=1S/C18H30N4S.HI/c1-18(2,23-4)14-21-17(19-3)20-12-15-10-11-22(13-15)16-8-6-5-7-9-16;/h5-9,15H,10-14H2,1-4H3,(H2,19,20,21);1H. The van der Waals surface area contributed by atoms with E-state index in [1.54, 1.807) is 0 Å². The number of nitrogens with one attached hydrogen (secondary N) is 2. The molecule has 1 saturated heterocycles. The number of guanidine groups is 1. The van der Waals surface area contributed by atoms with Gasteiger partial charge < -0.3 is 15.5 Å². The van der Waals surface area contributed by atoms with Crippen LogP contribution in [0.3, 0.4) is 0 Å². The average molecular weight is 462 g/mol. The minimum absolute atomic E-state index is 0. The molecule has 1 aromatic rings. The third-order valence-electron chi connectivity index (χ3n) is 4.42. The summed E-state index contributed by atoms with van der Waals surface area (Å²) in [6.07, 6.45) is 3.38. The van der Waals surface area contributed by atoms with E-state index in [0.717, 1.165) is 32.1 Å². The number of aliphatic imine (C=N–C) groups is 1. The van der Waals surface area contributed by atoms with Crippen molar-refractivity contribution in [2.24, 2.45) is 10.9 Å². The lowest BCUT2D eigenvalue weighted by molar-refractivity contribution is 0.562. The Morgan fingerprint density at radius 2 is 2.00 bits per heavy atom. The second-order valence-electron chi connectivity index (χ2n) is 6.71. The summed E-state index contributed by atoms with van der Waals surface area (Å²) in [5, 5.41) is 6.91. The zero-order valence-corrected chi connectivity index (χ0v) is 18.4. The fourth-order valence-electron chi connectivity index (χ4n) is 2.70. The third kappa shape index (κ3) is 6.70. The molecule has 0 bridgehead atoms. The van der Waals surface area contributed by atoms with Crippen molar-refractivity contribution in [2.75, 3.05) is 44.4 Å². The van der Waals surface area contributed by atoms with Crippen molar-refractivity contribution in [3.63, 3.8) is 0 Å². The molecule has 2 N–H and O–H groups in total. The monoisotopic (exact) mass is 462 g/mol. The van der Waals surface area contributed by atoms with E-state index in [9.17, 15) is 0 Å². The summed E-state index contributed by atoms with van der Waals surface area (Å²) in [5.41, 5.74) is 1.33. The lowest BCUT2D eigenvalue weighted by atomic mass is 10.1. The molecule has 1 unspecified atom stereocenters. The van der Waals surface area contributed by atoms with Crippen molar-refractivity contribution in [3.05, 3.63) is 30.3 Å². The highest BCUT2D eigenvalue weighted by Gasteiger charge is 2.23. The minimum atomic E-state index is 0. The first-order valence-corrected chi connectivity index (χ1v) is 9.56. The van der Waals surface area contributed by atoms with Crippen molar-refractivity contribution in [1.29, 1.82) is 0 Å². The Balaban J connectivity index is 0.00000288. The number of hydrogen-bond acceptors (Lipinski definition) is 3. The van der Waals surface area contributed by atoms with Crippen LogP contribution in [0.5, 0.6) is 0 Å². The molecule has 0 saturated carbocycles. The van der Waals surface area contributed by atoms with Crippen LogP contribution >= 0.6 is 35.7 Å². The Morgan fingerprint density at radius 1 is 1.29 bits per heavy atom. The van der Waals surface area contributed by atoms with Gasteiger partial charge in [-0.1, -0.05) is 18.2 Å². The van der Waals surface area contributed by atoms with Crippen LogP contribution in [0, 0.1) is 5.92 Å². The molecule has 1 heterocycles. The van der Waals surface area contributed by atoms with Crippen LogP contribution in [0.2, 0.25) is 0 Å². The Kier molecular flexibility index (Phi) is 9.26. The number of para-hydroxylation sites is 1. The van der Waals surface area contributed by atoms with E-state index in [2.05, 4.69) is 71.0 Å².